The lowest BCUT2D eigenvalue weighted by molar-refractivity contribution is 0.0927. The molecule has 0 spiro atoms. The van der Waals surface area contributed by atoms with Crippen LogP contribution < -0.4 is 11.1 Å². The first kappa shape index (κ1) is 12.4. The van der Waals surface area contributed by atoms with Crippen LogP contribution in [0.15, 0.2) is 22.7 Å². The van der Waals surface area contributed by atoms with Crippen molar-refractivity contribution >= 4 is 27.5 Å². The standard InChI is InChI=1S/C13H17BrN2O/c14-11-8-9(6-7-12(11)15)13(17)16-10-4-2-1-3-5-10/h6-8,10H,1-5,15H2,(H,16,17). The van der Waals surface area contributed by atoms with Crippen molar-refractivity contribution in [3.05, 3.63) is 28.2 Å². The Morgan fingerprint density at radius 3 is 2.65 bits per heavy atom. The predicted molar refractivity (Wildman–Crippen MR) is 72.9 cm³/mol. The Hall–Kier alpha value is -1.03. The van der Waals surface area contributed by atoms with Crippen LogP contribution in [0, 0.1) is 0 Å². The maximum Gasteiger partial charge on any atom is 0.251 e. The molecule has 1 saturated carbocycles. The van der Waals surface area contributed by atoms with E-state index in [0.29, 0.717) is 17.3 Å². The molecule has 1 aromatic carbocycles. The van der Waals surface area contributed by atoms with Crippen molar-refractivity contribution in [2.75, 3.05) is 5.73 Å². The van der Waals surface area contributed by atoms with Crippen molar-refractivity contribution < 1.29 is 4.79 Å². The second-order valence-electron chi connectivity index (χ2n) is 4.54. The highest BCUT2D eigenvalue weighted by atomic mass is 79.9. The van der Waals surface area contributed by atoms with Crippen molar-refractivity contribution in [2.45, 2.75) is 38.1 Å². The van der Waals surface area contributed by atoms with Gasteiger partial charge in [-0.15, -0.1) is 0 Å². The molecule has 0 heterocycles. The smallest absolute Gasteiger partial charge is 0.251 e. The molecule has 4 heteroatoms. The Bertz CT molecular complexity index is 414. The van der Waals surface area contributed by atoms with Crippen molar-refractivity contribution in [2.24, 2.45) is 0 Å². The zero-order chi connectivity index (χ0) is 12.3. The number of carbonyl (C=O) groups is 1. The summed E-state index contributed by atoms with van der Waals surface area (Å²) in [5.41, 5.74) is 7.01. The molecule has 1 fully saturated rings. The number of halogens is 1. The normalized spacial score (nSPS) is 16.8. The first-order chi connectivity index (χ1) is 8.16. The number of nitrogens with one attached hydrogen (secondary N) is 1. The van der Waals surface area contributed by atoms with Gasteiger partial charge < -0.3 is 11.1 Å². The third-order valence-corrected chi connectivity index (χ3v) is 3.89. The zero-order valence-electron chi connectivity index (χ0n) is 9.71. The van der Waals surface area contributed by atoms with Gasteiger partial charge in [0, 0.05) is 21.8 Å². The molecule has 3 nitrogen and oxygen atoms in total. The van der Waals surface area contributed by atoms with E-state index in [9.17, 15) is 4.79 Å². The average molecular weight is 297 g/mol. The second kappa shape index (κ2) is 5.54. The maximum absolute atomic E-state index is 12.0. The molecule has 3 N–H and O–H groups in total. The quantitative estimate of drug-likeness (QED) is 0.824. The highest BCUT2D eigenvalue weighted by Gasteiger charge is 2.16. The first-order valence-corrected chi connectivity index (χ1v) is 6.82. The molecule has 92 valence electrons. The number of amides is 1. The van der Waals surface area contributed by atoms with Gasteiger partial charge in [0.15, 0.2) is 0 Å². The second-order valence-corrected chi connectivity index (χ2v) is 5.40. The Morgan fingerprint density at radius 1 is 1.29 bits per heavy atom. The number of hydrogen-bond acceptors (Lipinski definition) is 2. The van der Waals surface area contributed by atoms with E-state index in [4.69, 9.17) is 5.73 Å². The Morgan fingerprint density at radius 2 is 2.00 bits per heavy atom. The fraction of sp³-hybridized carbons (Fsp3) is 0.462. The van der Waals surface area contributed by atoms with Crippen molar-refractivity contribution in [1.29, 1.82) is 0 Å². The van der Waals surface area contributed by atoms with E-state index in [1.54, 1.807) is 18.2 Å². The van der Waals surface area contributed by atoms with Crippen LogP contribution in [-0.4, -0.2) is 11.9 Å². The minimum atomic E-state index is -0.00222. The van der Waals surface area contributed by atoms with Gasteiger partial charge in [-0.05, 0) is 47.0 Å². The summed E-state index contributed by atoms with van der Waals surface area (Å²) in [5.74, 6) is -0.00222. The number of benzene rings is 1. The molecule has 0 saturated heterocycles. The third-order valence-electron chi connectivity index (χ3n) is 3.20. The molecule has 0 unspecified atom stereocenters. The van der Waals surface area contributed by atoms with Gasteiger partial charge in [-0.25, -0.2) is 0 Å². The van der Waals surface area contributed by atoms with Gasteiger partial charge in [-0.1, -0.05) is 19.3 Å². The molecule has 0 atom stereocenters. The van der Waals surface area contributed by atoms with E-state index in [2.05, 4.69) is 21.2 Å². The molecule has 1 amide bonds. The molecule has 2 rings (SSSR count). The summed E-state index contributed by atoms with van der Waals surface area (Å²) in [6.07, 6.45) is 5.93. The van der Waals surface area contributed by atoms with Gasteiger partial charge in [0.2, 0.25) is 0 Å². The summed E-state index contributed by atoms with van der Waals surface area (Å²) in [4.78, 5) is 12.0. The fourth-order valence-corrected chi connectivity index (χ4v) is 2.56. The summed E-state index contributed by atoms with van der Waals surface area (Å²) in [7, 11) is 0. The van der Waals surface area contributed by atoms with Crippen LogP contribution in [0.25, 0.3) is 0 Å². The molecule has 1 aromatic rings. The number of hydrogen-bond donors (Lipinski definition) is 2. The minimum Gasteiger partial charge on any atom is -0.398 e. The number of carbonyl (C=O) groups excluding carboxylic acids is 1. The van der Waals surface area contributed by atoms with E-state index in [1.807, 2.05) is 0 Å². The third kappa shape index (κ3) is 3.22. The lowest BCUT2D eigenvalue weighted by atomic mass is 9.95. The number of anilines is 1. The van der Waals surface area contributed by atoms with Crippen LogP contribution in [0.3, 0.4) is 0 Å². The molecule has 0 bridgehead atoms. The molecule has 0 aliphatic heterocycles. The summed E-state index contributed by atoms with van der Waals surface area (Å²) in [6, 6.07) is 5.62. The molecule has 1 aliphatic rings. The molecular weight excluding hydrogens is 280 g/mol. The summed E-state index contributed by atoms with van der Waals surface area (Å²) >= 11 is 3.33. The number of nitrogen functional groups attached to an aromatic ring is 1. The van der Waals surface area contributed by atoms with Gasteiger partial charge >= 0.3 is 0 Å². The van der Waals surface area contributed by atoms with Crippen LogP contribution in [0.2, 0.25) is 0 Å². The van der Waals surface area contributed by atoms with Gasteiger partial charge in [0.05, 0.1) is 0 Å². The van der Waals surface area contributed by atoms with Crippen LogP contribution in [0.4, 0.5) is 5.69 Å². The number of nitrogens with two attached hydrogens (primary N) is 1. The van der Waals surface area contributed by atoms with Gasteiger partial charge in [-0.3, -0.25) is 4.79 Å². The Labute approximate surface area is 110 Å². The average Bonchev–Trinajstić information content (AvgIpc) is 2.34. The maximum atomic E-state index is 12.0. The van der Waals surface area contributed by atoms with Crippen molar-refractivity contribution in [3.8, 4) is 0 Å². The van der Waals surface area contributed by atoms with Gasteiger partial charge in [0.25, 0.3) is 5.91 Å². The largest absolute Gasteiger partial charge is 0.398 e. The highest BCUT2D eigenvalue weighted by Crippen LogP contribution is 2.21. The zero-order valence-corrected chi connectivity index (χ0v) is 11.3. The van der Waals surface area contributed by atoms with Crippen molar-refractivity contribution in [1.82, 2.24) is 5.32 Å². The van der Waals surface area contributed by atoms with Crippen LogP contribution >= 0.6 is 15.9 Å². The molecule has 17 heavy (non-hydrogen) atoms. The van der Waals surface area contributed by atoms with E-state index >= 15 is 0 Å². The van der Waals surface area contributed by atoms with Gasteiger partial charge in [-0.2, -0.15) is 0 Å². The van der Waals surface area contributed by atoms with Gasteiger partial charge in [0.1, 0.15) is 0 Å². The summed E-state index contributed by atoms with van der Waals surface area (Å²) in [5, 5.41) is 3.08. The highest BCUT2D eigenvalue weighted by molar-refractivity contribution is 9.10. The monoisotopic (exact) mass is 296 g/mol. The number of rotatable bonds is 2. The Balaban J connectivity index is 2.01. The van der Waals surface area contributed by atoms with Crippen LogP contribution in [0.1, 0.15) is 42.5 Å². The summed E-state index contributed by atoms with van der Waals surface area (Å²) < 4.78 is 0.772. The summed E-state index contributed by atoms with van der Waals surface area (Å²) in [6.45, 7) is 0. The molecular formula is C13H17BrN2O. The van der Waals surface area contributed by atoms with Crippen LogP contribution in [-0.2, 0) is 0 Å². The lowest BCUT2D eigenvalue weighted by Crippen LogP contribution is -2.36. The van der Waals surface area contributed by atoms with E-state index < -0.39 is 0 Å². The minimum absolute atomic E-state index is 0.00222. The molecule has 0 aromatic heterocycles. The Kier molecular flexibility index (Phi) is 4.05. The fourth-order valence-electron chi connectivity index (χ4n) is 2.18. The van der Waals surface area contributed by atoms with E-state index in [1.165, 1.54) is 19.3 Å². The lowest BCUT2D eigenvalue weighted by Gasteiger charge is -2.22. The first-order valence-electron chi connectivity index (χ1n) is 6.02. The SMILES string of the molecule is Nc1ccc(C(=O)NC2CCCCC2)cc1Br. The van der Waals surface area contributed by atoms with Crippen LogP contribution in [0.5, 0.6) is 0 Å². The predicted octanol–water partition coefficient (Wildman–Crippen LogP) is 3.09. The molecule has 1 aliphatic carbocycles. The van der Waals surface area contributed by atoms with E-state index in [0.717, 1.165) is 17.3 Å². The molecule has 0 radical (unpaired) electrons. The van der Waals surface area contributed by atoms with E-state index in [-0.39, 0.29) is 5.91 Å². The topological polar surface area (TPSA) is 55.1 Å². The van der Waals surface area contributed by atoms with Crippen molar-refractivity contribution in [3.63, 3.8) is 0 Å².